The number of hydrogen-bond acceptors (Lipinski definition) is 3. The molecule has 1 heterocycles. The summed E-state index contributed by atoms with van der Waals surface area (Å²) in [5, 5.41) is 0.529. The number of ether oxygens (including phenoxy) is 1. The van der Waals surface area contributed by atoms with Crippen LogP contribution in [0.4, 0.5) is 13.2 Å². The van der Waals surface area contributed by atoms with Crippen LogP contribution in [-0.2, 0) is 17.3 Å². The second kappa shape index (κ2) is 6.56. The predicted octanol–water partition coefficient (Wildman–Crippen LogP) is 4.69. The Labute approximate surface area is 132 Å². The van der Waals surface area contributed by atoms with Crippen LogP contribution in [0.1, 0.15) is 47.4 Å². The first-order chi connectivity index (χ1) is 10.8. The molecule has 0 spiro atoms. The van der Waals surface area contributed by atoms with Crippen molar-refractivity contribution in [2.24, 2.45) is 0 Å². The van der Waals surface area contributed by atoms with Crippen molar-refractivity contribution in [2.45, 2.75) is 39.8 Å². The molecule has 2 aromatic rings. The number of aryl methyl sites for hydroxylation is 2. The van der Waals surface area contributed by atoms with Crippen molar-refractivity contribution in [3.8, 4) is 0 Å². The molecule has 0 aliphatic heterocycles. The molecule has 0 aliphatic carbocycles. The maximum Gasteiger partial charge on any atom is 0.416 e. The van der Waals surface area contributed by atoms with Crippen LogP contribution in [-0.4, -0.2) is 17.6 Å². The van der Waals surface area contributed by atoms with Crippen molar-refractivity contribution in [1.82, 2.24) is 4.98 Å². The number of halogens is 3. The molecular formula is C17H18F3NO2. The summed E-state index contributed by atoms with van der Waals surface area (Å²) in [4.78, 5) is 16.5. The number of esters is 1. The first kappa shape index (κ1) is 17.2. The number of hydrogen-bond donors (Lipinski definition) is 0. The standard InChI is InChI=1S/C17H18F3NO2/c1-4-6-13-15(16(22)23-5-2)10(3)12-8-7-11(17(18,19)20)9-14(12)21-13/h7-9H,4-6H2,1-3H3. The molecule has 0 atom stereocenters. The highest BCUT2D eigenvalue weighted by Crippen LogP contribution is 2.33. The van der Waals surface area contributed by atoms with Crippen LogP contribution < -0.4 is 0 Å². The fourth-order valence-corrected chi connectivity index (χ4v) is 2.56. The smallest absolute Gasteiger partial charge is 0.416 e. The van der Waals surface area contributed by atoms with Crippen molar-refractivity contribution >= 4 is 16.9 Å². The molecule has 0 fully saturated rings. The first-order valence-corrected chi connectivity index (χ1v) is 7.47. The number of carbonyl (C=O) groups is 1. The molecule has 0 saturated carbocycles. The fourth-order valence-electron chi connectivity index (χ4n) is 2.56. The topological polar surface area (TPSA) is 39.2 Å². The molecule has 0 aliphatic rings. The number of pyridine rings is 1. The lowest BCUT2D eigenvalue weighted by Gasteiger charge is -2.15. The zero-order valence-corrected chi connectivity index (χ0v) is 13.3. The van der Waals surface area contributed by atoms with E-state index in [0.717, 1.165) is 18.6 Å². The average molecular weight is 325 g/mol. The van der Waals surface area contributed by atoms with Gasteiger partial charge in [-0.05, 0) is 38.0 Å². The summed E-state index contributed by atoms with van der Waals surface area (Å²) in [5.74, 6) is -0.484. The normalized spacial score (nSPS) is 11.7. The highest BCUT2D eigenvalue weighted by atomic mass is 19.4. The van der Waals surface area contributed by atoms with Gasteiger partial charge in [0.05, 0.1) is 28.9 Å². The molecule has 0 N–H and O–H groups in total. The Bertz CT molecular complexity index is 739. The second-order valence-corrected chi connectivity index (χ2v) is 5.26. The van der Waals surface area contributed by atoms with Gasteiger partial charge in [-0.25, -0.2) is 4.79 Å². The second-order valence-electron chi connectivity index (χ2n) is 5.26. The highest BCUT2D eigenvalue weighted by molar-refractivity contribution is 5.98. The molecule has 0 bridgehead atoms. The maximum absolute atomic E-state index is 12.9. The quantitative estimate of drug-likeness (QED) is 0.766. The van der Waals surface area contributed by atoms with Crippen LogP contribution in [0, 0.1) is 6.92 Å². The van der Waals surface area contributed by atoms with Gasteiger partial charge in [0.2, 0.25) is 0 Å². The molecule has 0 amide bonds. The zero-order valence-electron chi connectivity index (χ0n) is 13.3. The largest absolute Gasteiger partial charge is 0.462 e. The van der Waals surface area contributed by atoms with Crippen molar-refractivity contribution in [1.29, 1.82) is 0 Å². The Hall–Kier alpha value is -2.11. The Morgan fingerprint density at radius 2 is 1.96 bits per heavy atom. The molecule has 1 aromatic carbocycles. The molecule has 0 saturated heterocycles. The van der Waals surface area contributed by atoms with Crippen molar-refractivity contribution in [3.63, 3.8) is 0 Å². The van der Waals surface area contributed by atoms with E-state index in [1.807, 2.05) is 6.92 Å². The van der Waals surface area contributed by atoms with Crippen molar-refractivity contribution in [2.75, 3.05) is 6.61 Å². The number of carbonyl (C=O) groups excluding carboxylic acids is 1. The molecule has 23 heavy (non-hydrogen) atoms. The average Bonchev–Trinajstić information content (AvgIpc) is 2.46. The van der Waals surface area contributed by atoms with E-state index in [0.29, 0.717) is 28.6 Å². The summed E-state index contributed by atoms with van der Waals surface area (Å²) in [6, 6.07) is 3.39. The third-order valence-electron chi connectivity index (χ3n) is 3.61. The minimum atomic E-state index is -4.42. The summed E-state index contributed by atoms with van der Waals surface area (Å²) >= 11 is 0. The lowest BCUT2D eigenvalue weighted by atomic mass is 9.98. The summed E-state index contributed by atoms with van der Waals surface area (Å²) in [6.45, 7) is 5.57. The van der Waals surface area contributed by atoms with Gasteiger partial charge in [-0.1, -0.05) is 19.4 Å². The fraction of sp³-hybridized carbons (Fsp3) is 0.412. The molecular weight excluding hydrogens is 307 g/mol. The predicted molar refractivity (Wildman–Crippen MR) is 81.4 cm³/mol. The summed E-state index contributed by atoms with van der Waals surface area (Å²) < 4.78 is 43.7. The number of alkyl halides is 3. The van der Waals surface area contributed by atoms with Crippen LogP contribution >= 0.6 is 0 Å². The Balaban J connectivity index is 2.70. The number of benzene rings is 1. The van der Waals surface area contributed by atoms with E-state index in [2.05, 4.69) is 4.98 Å². The van der Waals surface area contributed by atoms with Gasteiger partial charge < -0.3 is 4.74 Å². The van der Waals surface area contributed by atoms with Gasteiger partial charge in [0.15, 0.2) is 0 Å². The summed E-state index contributed by atoms with van der Waals surface area (Å²) in [7, 11) is 0. The monoisotopic (exact) mass is 325 g/mol. The van der Waals surface area contributed by atoms with Crippen LogP contribution in [0.25, 0.3) is 10.9 Å². The Kier molecular flexibility index (Phi) is 4.92. The number of rotatable bonds is 4. The third kappa shape index (κ3) is 3.46. The maximum atomic E-state index is 12.9. The van der Waals surface area contributed by atoms with Gasteiger partial charge in [-0.3, -0.25) is 4.98 Å². The van der Waals surface area contributed by atoms with Gasteiger partial charge in [0, 0.05) is 5.39 Å². The van der Waals surface area contributed by atoms with Gasteiger partial charge >= 0.3 is 12.1 Å². The summed E-state index contributed by atoms with van der Waals surface area (Å²) in [5.41, 5.74) is 0.943. The molecule has 6 heteroatoms. The van der Waals surface area contributed by atoms with Gasteiger partial charge in [-0.15, -0.1) is 0 Å². The molecule has 3 nitrogen and oxygen atoms in total. The van der Waals surface area contributed by atoms with Crippen molar-refractivity contribution < 1.29 is 22.7 Å². The third-order valence-corrected chi connectivity index (χ3v) is 3.61. The molecule has 1 aromatic heterocycles. The van der Waals surface area contributed by atoms with Crippen LogP contribution in [0.5, 0.6) is 0 Å². The van der Waals surface area contributed by atoms with E-state index in [1.165, 1.54) is 6.07 Å². The Morgan fingerprint density at radius 1 is 1.26 bits per heavy atom. The number of nitrogens with zero attached hydrogens (tertiary/aromatic N) is 1. The van der Waals surface area contributed by atoms with Crippen LogP contribution in [0.2, 0.25) is 0 Å². The van der Waals surface area contributed by atoms with E-state index < -0.39 is 17.7 Å². The van der Waals surface area contributed by atoms with Crippen LogP contribution in [0.3, 0.4) is 0 Å². The highest BCUT2D eigenvalue weighted by Gasteiger charge is 2.31. The van der Waals surface area contributed by atoms with Gasteiger partial charge in [-0.2, -0.15) is 13.2 Å². The Morgan fingerprint density at radius 3 is 2.52 bits per heavy atom. The number of fused-ring (bicyclic) bond motifs is 1. The molecule has 2 rings (SSSR count). The van der Waals surface area contributed by atoms with Crippen molar-refractivity contribution in [3.05, 3.63) is 40.6 Å². The molecule has 124 valence electrons. The van der Waals surface area contributed by atoms with E-state index in [9.17, 15) is 18.0 Å². The molecule has 0 unspecified atom stereocenters. The van der Waals surface area contributed by atoms with Gasteiger partial charge in [0.1, 0.15) is 0 Å². The molecule has 0 radical (unpaired) electrons. The van der Waals surface area contributed by atoms with E-state index in [4.69, 9.17) is 4.74 Å². The SMILES string of the molecule is CCCc1nc2cc(C(F)(F)F)ccc2c(C)c1C(=O)OCC. The lowest BCUT2D eigenvalue weighted by Crippen LogP contribution is -2.13. The van der Waals surface area contributed by atoms with Gasteiger partial charge in [0.25, 0.3) is 0 Å². The number of aromatic nitrogens is 1. The first-order valence-electron chi connectivity index (χ1n) is 7.47. The minimum absolute atomic E-state index is 0.231. The van der Waals surface area contributed by atoms with Crippen LogP contribution in [0.15, 0.2) is 18.2 Å². The minimum Gasteiger partial charge on any atom is -0.462 e. The zero-order chi connectivity index (χ0) is 17.2. The summed E-state index contributed by atoms with van der Waals surface area (Å²) in [6.07, 6.45) is -3.20. The lowest BCUT2D eigenvalue weighted by molar-refractivity contribution is -0.137. The van der Waals surface area contributed by atoms with E-state index in [-0.39, 0.29) is 12.1 Å². The van der Waals surface area contributed by atoms with E-state index in [1.54, 1.807) is 13.8 Å². The van der Waals surface area contributed by atoms with E-state index >= 15 is 0 Å².